The number of hydrogen-bond donors (Lipinski definition) is 2. The molecule has 0 rings (SSSR count). The molecule has 0 saturated heterocycles. The van der Waals surface area contributed by atoms with Crippen molar-refractivity contribution in [3.05, 3.63) is 9.78 Å². The molecule has 46 valence electrons. The minimum absolute atomic E-state index is 0.0694. The third-order valence-electron chi connectivity index (χ3n) is 0.481. The lowest BCUT2D eigenvalue weighted by molar-refractivity contribution is 1.10. The van der Waals surface area contributed by atoms with E-state index in [1.54, 1.807) is 13.2 Å². The third kappa shape index (κ3) is 3.26. The molecule has 0 aromatic heterocycles. The second-order valence-corrected chi connectivity index (χ2v) is 2.64. The van der Waals surface area contributed by atoms with Crippen molar-refractivity contribution in [3.63, 3.8) is 0 Å². The molecule has 0 aliphatic carbocycles. The van der Waals surface area contributed by atoms with E-state index in [4.69, 9.17) is 17.0 Å². The molecule has 0 saturated carbocycles. The molecule has 4 heteroatoms. The molecule has 0 heterocycles. The lowest BCUT2D eigenvalue weighted by atomic mass is 10.6. The van der Waals surface area contributed by atoms with E-state index < -0.39 is 0 Å². The van der Waals surface area contributed by atoms with Crippen LogP contribution >= 0.6 is 34.2 Å². The summed E-state index contributed by atoms with van der Waals surface area (Å²) in [5, 5.41) is 9.68. The molecule has 2 nitrogen and oxygen atoms in total. The van der Waals surface area contributed by atoms with Crippen molar-refractivity contribution in [3.8, 4) is 0 Å². The number of hydrogen-bond acceptors (Lipinski definition) is 2. The Labute approximate surface area is 66.9 Å². The van der Waals surface area contributed by atoms with Crippen molar-refractivity contribution < 1.29 is 0 Å². The Morgan fingerprint density at radius 1 is 1.88 bits per heavy atom. The van der Waals surface area contributed by atoms with Crippen LogP contribution in [0.5, 0.6) is 0 Å². The standard InChI is InChI=1S/C4H6ClIN2/c1-8-2-3(6)4(5)7/h2,7-8H,1H3/b3-2+,7-4?. The van der Waals surface area contributed by atoms with Crippen LogP contribution < -0.4 is 5.32 Å². The Hall–Kier alpha value is 0.230. The van der Waals surface area contributed by atoms with Crippen molar-refractivity contribution in [2.75, 3.05) is 7.05 Å². The van der Waals surface area contributed by atoms with Crippen LogP contribution in [0, 0.1) is 5.41 Å². The number of allylic oxidation sites excluding steroid dienone is 1. The minimum atomic E-state index is 0.0694. The predicted octanol–water partition coefficient (Wildman–Crippen LogP) is 1.70. The lowest BCUT2D eigenvalue weighted by Crippen LogP contribution is -1.95. The first-order chi connectivity index (χ1) is 3.68. The van der Waals surface area contributed by atoms with Gasteiger partial charge in [-0.1, -0.05) is 11.6 Å². The quantitative estimate of drug-likeness (QED) is 0.563. The first-order valence-corrected chi connectivity index (χ1v) is 3.41. The van der Waals surface area contributed by atoms with Gasteiger partial charge in [0.15, 0.2) is 0 Å². The van der Waals surface area contributed by atoms with Gasteiger partial charge >= 0.3 is 0 Å². The molecule has 0 aromatic rings. The molecule has 0 atom stereocenters. The fourth-order valence-corrected chi connectivity index (χ4v) is 0.556. The van der Waals surface area contributed by atoms with Gasteiger partial charge in [0.25, 0.3) is 0 Å². The summed E-state index contributed by atoms with van der Waals surface area (Å²) in [4.78, 5) is 0. The normalized spacial score (nSPS) is 11.1. The van der Waals surface area contributed by atoms with Crippen LogP contribution in [0.3, 0.4) is 0 Å². The molecular formula is C4H6ClIN2. The summed E-state index contributed by atoms with van der Waals surface area (Å²) in [5.41, 5.74) is 0. The fourth-order valence-electron chi connectivity index (χ4n) is 0.190. The van der Waals surface area contributed by atoms with Crippen molar-refractivity contribution >= 4 is 39.4 Å². The fraction of sp³-hybridized carbons (Fsp3) is 0.250. The molecule has 0 aliphatic rings. The maximum Gasteiger partial charge on any atom is 0.135 e. The second kappa shape index (κ2) is 4.14. The highest BCUT2D eigenvalue weighted by atomic mass is 127. The summed E-state index contributed by atoms with van der Waals surface area (Å²) in [6.45, 7) is 0. The minimum Gasteiger partial charge on any atom is -0.393 e. The highest BCUT2D eigenvalue weighted by molar-refractivity contribution is 14.1. The zero-order valence-corrected chi connectivity index (χ0v) is 7.25. The summed E-state index contributed by atoms with van der Waals surface area (Å²) in [7, 11) is 1.76. The van der Waals surface area contributed by atoms with Gasteiger partial charge in [0, 0.05) is 13.2 Å². The molecule has 2 N–H and O–H groups in total. The highest BCUT2D eigenvalue weighted by Gasteiger charge is 1.91. The molecule has 0 unspecified atom stereocenters. The molecule has 0 aliphatic heterocycles. The van der Waals surface area contributed by atoms with Crippen molar-refractivity contribution in [2.45, 2.75) is 0 Å². The van der Waals surface area contributed by atoms with E-state index in [-0.39, 0.29) is 5.17 Å². The van der Waals surface area contributed by atoms with Gasteiger partial charge in [-0.05, 0) is 22.6 Å². The zero-order valence-electron chi connectivity index (χ0n) is 4.33. The van der Waals surface area contributed by atoms with E-state index in [9.17, 15) is 0 Å². The lowest BCUT2D eigenvalue weighted by Gasteiger charge is -1.89. The van der Waals surface area contributed by atoms with Gasteiger partial charge in [-0.2, -0.15) is 0 Å². The smallest absolute Gasteiger partial charge is 0.135 e. The Kier molecular flexibility index (Phi) is 4.26. The van der Waals surface area contributed by atoms with Gasteiger partial charge in [0.2, 0.25) is 0 Å². The summed E-state index contributed by atoms with van der Waals surface area (Å²) in [6.07, 6.45) is 1.66. The average Bonchev–Trinajstić information content (AvgIpc) is 1.67. The SMILES string of the molecule is CN/C=C(/I)C(=N)Cl. The Morgan fingerprint density at radius 2 is 2.38 bits per heavy atom. The second-order valence-electron chi connectivity index (χ2n) is 1.09. The van der Waals surface area contributed by atoms with Crippen LogP contribution in [0.15, 0.2) is 9.78 Å². The molecule has 0 aromatic carbocycles. The van der Waals surface area contributed by atoms with Crippen LogP contribution in [0.1, 0.15) is 0 Å². The van der Waals surface area contributed by atoms with Crippen LogP contribution in [0.2, 0.25) is 0 Å². The van der Waals surface area contributed by atoms with Crippen LogP contribution in [0.25, 0.3) is 0 Å². The van der Waals surface area contributed by atoms with Crippen LogP contribution in [-0.2, 0) is 0 Å². The third-order valence-corrected chi connectivity index (χ3v) is 1.85. The van der Waals surface area contributed by atoms with E-state index in [0.29, 0.717) is 3.58 Å². The molecule has 0 fully saturated rings. The number of rotatable bonds is 2. The van der Waals surface area contributed by atoms with Crippen LogP contribution in [0.4, 0.5) is 0 Å². The summed E-state index contributed by atoms with van der Waals surface area (Å²) in [5.74, 6) is 0. The topological polar surface area (TPSA) is 35.9 Å². The van der Waals surface area contributed by atoms with Crippen LogP contribution in [-0.4, -0.2) is 12.2 Å². The van der Waals surface area contributed by atoms with Gasteiger partial charge in [-0.15, -0.1) is 0 Å². The molecular weight excluding hydrogens is 238 g/mol. The number of halogens is 2. The van der Waals surface area contributed by atoms with E-state index in [1.807, 2.05) is 22.6 Å². The van der Waals surface area contributed by atoms with Gasteiger partial charge in [-0.25, -0.2) is 0 Å². The predicted molar refractivity (Wildman–Crippen MR) is 44.7 cm³/mol. The van der Waals surface area contributed by atoms with E-state index in [1.165, 1.54) is 0 Å². The first-order valence-electron chi connectivity index (χ1n) is 1.96. The molecule has 0 radical (unpaired) electrons. The van der Waals surface area contributed by atoms with Crippen molar-refractivity contribution in [1.29, 1.82) is 5.41 Å². The van der Waals surface area contributed by atoms with Crippen molar-refractivity contribution in [1.82, 2.24) is 5.32 Å². The summed E-state index contributed by atoms with van der Waals surface area (Å²) >= 11 is 7.25. The molecule has 0 amide bonds. The number of nitrogens with one attached hydrogen (secondary N) is 2. The van der Waals surface area contributed by atoms with E-state index >= 15 is 0 Å². The molecule has 0 bridgehead atoms. The van der Waals surface area contributed by atoms with Gasteiger partial charge < -0.3 is 5.32 Å². The average molecular weight is 244 g/mol. The molecule has 0 spiro atoms. The van der Waals surface area contributed by atoms with Gasteiger partial charge in [0.1, 0.15) is 5.17 Å². The maximum atomic E-state index is 6.85. The Morgan fingerprint density at radius 3 is 2.50 bits per heavy atom. The zero-order chi connectivity index (χ0) is 6.57. The summed E-state index contributed by atoms with van der Waals surface area (Å²) in [6, 6.07) is 0. The van der Waals surface area contributed by atoms with E-state index in [0.717, 1.165) is 0 Å². The monoisotopic (exact) mass is 244 g/mol. The van der Waals surface area contributed by atoms with Gasteiger partial charge in [0.05, 0.1) is 3.58 Å². The first kappa shape index (κ1) is 8.23. The van der Waals surface area contributed by atoms with Crippen molar-refractivity contribution in [2.24, 2.45) is 0 Å². The highest BCUT2D eigenvalue weighted by Crippen LogP contribution is 2.07. The maximum absolute atomic E-state index is 6.85. The van der Waals surface area contributed by atoms with E-state index in [2.05, 4.69) is 5.32 Å². The Balaban J connectivity index is 3.80. The summed E-state index contributed by atoms with van der Waals surface area (Å²) < 4.78 is 0.715. The molecule has 8 heavy (non-hydrogen) atoms. The largest absolute Gasteiger partial charge is 0.393 e. The Bertz CT molecular complexity index is 121. The van der Waals surface area contributed by atoms with Gasteiger partial charge in [-0.3, -0.25) is 5.41 Å².